The molecule has 1 heterocycles. The molecule has 0 aromatic rings. The van der Waals surface area contributed by atoms with Gasteiger partial charge in [-0.3, -0.25) is 0 Å². The van der Waals surface area contributed by atoms with Crippen LogP contribution in [0.4, 0.5) is 0 Å². The molecule has 1 fully saturated rings. The van der Waals surface area contributed by atoms with Crippen LogP contribution in [-0.2, 0) is 14.2 Å². The van der Waals surface area contributed by atoms with E-state index in [4.69, 9.17) is 14.2 Å². The van der Waals surface area contributed by atoms with Gasteiger partial charge in [0.25, 0.3) is 0 Å². The molecule has 18 heavy (non-hydrogen) atoms. The van der Waals surface area contributed by atoms with Crippen LogP contribution in [0.2, 0.25) is 0 Å². The Kier molecular flexibility index (Phi) is 7.73. The van der Waals surface area contributed by atoms with E-state index in [0.717, 1.165) is 0 Å². The molecular weight excluding hydrogens is 238 g/mol. The van der Waals surface area contributed by atoms with Crippen molar-refractivity contribution in [3.63, 3.8) is 0 Å². The molecule has 2 unspecified atom stereocenters. The normalized spacial score (nSPS) is 25.5. The van der Waals surface area contributed by atoms with E-state index >= 15 is 0 Å². The Morgan fingerprint density at radius 3 is 2.83 bits per heavy atom. The van der Waals surface area contributed by atoms with Crippen LogP contribution in [0.3, 0.4) is 0 Å². The van der Waals surface area contributed by atoms with E-state index in [9.17, 15) is 10.2 Å². The highest BCUT2D eigenvalue weighted by Crippen LogP contribution is 2.16. The maximum absolute atomic E-state index is 9.96. The van der Waals surface area contributed by atoms with Gasteiger partial charge in [0, 0.05) is 32.7 Å². The molecule has 0 amide bonds. The fourth-order valence-corrected chi connectivity index (χ4v) is 1.75. The molecule has 1 aliphatic heterocycles. The van der Waals surface area contributed by atoms with Crippen LogP contribution < -0.4 is 5.32 Å². The highest BCUT2D eigenvalue weighted by Gasteiger charge is 2.31. The highest BCUT2D eigenvalue weighted by atomic mass is 16.5. The van der Waals surface area contributed by atoms with Crippen molar-refractivity contribution in [1.29, 1.82) is 0 Å². The van der Waals surface area contributed by atoms with Gasteiger partial charge in [0.2, 0.25) is 0 Å². The van der Waals surface area contributed by atoms with Crippen molar-refractivity contribution in [3.8, 4) is 0 Å². The minimum absolute atomic E-state index is 0.273. The lowest BCUT2D eigenvalue weighted by atomic mass is 10.0. The summed E-state index contributed by atoms with van der Waals surface area (Å²) in [5.41, 5.74) is -0.782. The molecule has 3 N–H and O–H groups in total. The maximum Gasteiger partial charge on any atom is 0.102 e. The van der Waals surface area contributed by atoms with E-state index in [1.807, 2.05) is 6.92 Å². The Morgan fingerprint density at radius 2 is 2.17 bits per heavy atom. The highest BCUT2D eigenvalue weighted by molar-refractivity contribution is 4.85. The molecule has 0 saturated carbocycles. The molecule has 2 atom stereocenters. The number of aliphatic hydroxyl groups is 2. The van der Waals surface area contributed by atoms with Gasteiger partial charge >= 0.3 is 0 Å². The first-order valence-electron chi connectivity index (χ1n) is 6.51. The first kappa shape index (κ1) is 15.8. The van der Waals surface area contributed by atoms with Crippen LogP contribution in [0.15, 0.2) is 0 Å². The van der Waals surface area contributed by atoms with Gasteiger partial charge in [0.05, 0.1) is 32.5 Å². The lowest BCUT2D eigenvalue weighted by molar-refractivity contribution is -0.000240. The van der Waals surface area contributed by atoms with Crippen LogP contribution in [0.25, 0.3) is 0 Å². The molecule has 0 bridgehead atoms. The Balaban J connectivity index is 1.94. The SMILES string of the molecule is CCOCCOCC(O)CNCC1(O)CCOC1. The molecular formula is C12H25NO5. The fourth-order valence-electron chi connectivity index (χ4n) is 1.75. The lowest BCUT2D eigenvalue weighted by Gasteiger charge is -2.21. The van der Waals surface area contributed by atoms with E-state index in [1.165, 1.54) is 0 Å². The summed E-state index contributed by atoms with van der Waals surface area (Å²) in [6.07, 6.45) is 0.0681. The van der Waals surface area contributed by atoms with Crippen LogP contribution >= 0.6 is 0 Å². The van der Waals surface area contributed by atoms with E-state index < -0.39 is 11.7 Å². The van der Waals surface area contributed by atoms with E-state index in [0.29, 0.717) is 52.5 Å². The number of hydrogen-bond acceptors (Lipinski definition) is 6. The zero-order chi connectivity index (χ0) is 13.3. The van der Waals surface area contributed by atoms with Gasteiger partial charge in [-0.2, -0.15) is 0 Å². The largest absolute Gasteiger partial charge is 0.389 e. The quantitative estimate of drug-likeness (QED) is 0.445. The predicted molar refractivity (Wildman–Crippen MR) is 66.6 cm³/mol. The minimum atomic E-state index is -0.782. The number of hydrogen-bond donors (Lipinski definition) is 3. The number of nitrogens with one attached hydrogen (secondary N) is 1. The van der Waals surface area contributed by atoms with Crippen molar-refractivity contribution in [2.24, 2.45) is 0 Å². The zero-order valence-electron chi connectivity index (χ0n) is 11.1. The summed E-state index contributed by atoms with van der Waals surface area (Å²) in [4.78, 5) is 0. The monoisotopic (exact) mass is 263 g/mol. The van der Waals surface area contributed by atoms with E-state index in [1.54, 1.807) is 0 Å². The third-order valence-electron chi connectivity index (χ3n) is 2.80. The smallest absolute Gasteiger partial charge is 0.102 e. The average molecular weight is 263 g/mol. The number of rotatable bonds is 10. The van der Waals surface area contributed by atoms with E-state index in [2.05, 4.69) is 5.32 Å². The summed E-state index contributed by atoms with van der Waals surface area (Å²) in [6.45, 7) is 5.71. The maximum atomic E-state index is 9.96. The van der Waals surface area contributed by atoms with Gasteiger partial charge in [-0.05, 0) is 6.92 Å². The van der Waals surface area contributed by atoms with Crippen molar-refractivity contribution in [2.75, 3.05) is 52.7 Å². The van der Waals surface area contributed by atoms with Crippen LogP contribution in [0, 0.1) is 0 Å². The van der Waals surface area contributed by atoms with Gasteiger partial charge in [0.15, 0.2) is 0 Å². The van der Waals surface area contributed by atoms with Gasteiger partial charge in [-0.25, -0.2) is 0 Å². The zero-order valence-corrected chi connectivity index (χ0v) is 11.1. The molecule has 0 spiro atoms. The van der Waals surface area contributed by atoms with Gasteiger partial charge in [-0.1, -0.05) is 0 Å². The second-order valence-electron chi connectivity index (χ2n) is 4.58. The van der Waals surface area contributed by atoms with Gasteiger partial charge in [-0.15, -0.1) is 0 Å². The van der Waals surface area contributed by atoms with Crippen LogP contribution in [0.5, 0.6) is 0 Å². The van der Waals surface area contributed by atoms with E-state index in [-0.39, 0.29) is 6.61 Å². The second kappa shape index (κ2) is 8.79. The third-order valence-corrected chi connectivity index (χ3v) is 2.80. The standard InChI is InChI=1S/C12H25NO5/c1-2-16-5-6-17-8-11(14)7-13-9-12(15)3-4-18-10-12/h11,13-15H,2-10H2,1H3. The molecule has 0 aromatic heterocycles. The van der Waals surface area contributed by atoms with Gasteiger partial charge < -0.3 is 29.7 Å². The molecule has 0 radical (unpaired) electrons. The first-order valence-corrected chi connectivity index (χ1v) is 6.51. The molecule has 108 valence electrons. The van der Waals surface area contributed by atoms with Crippen molar-refractivity contribution >= 4 is 0 Å². The Bertz CT molecular complexity index is 209. The summed E-state index contributed by atoms with van der Waals surface area (Å²) >= 11 is 0. The van der Waals surface area contributed by atoms with Crippen molar-refractivity contribution < 1.29 is 24.4 Å². The summed E-state index contributed by atoms with van der Waals surface area (Å²) in [5, 5.41) is 22.6. The molecule has 6 nitrogen and oxygen atoms in total. The Labute approximate surface area is 108 Å². The molecule has 0 aromatic carbocycles. The summed E-state index contributed by atoms with van der Waals surface area (Å²) in [7, 11) is 0. The Morgan fingerprint density at radius 1 is 1.39 bits per heavy atom. The third kappa shape index (κ3) is 6.63. The summed E-state index contributed by atoms with van der Waals surface area (Å²) < 4.78 is 15.5. The minimum Gasteiger partial charge on any atom is -0.389 e. The van der Waals surface area contributed by atoms with Crippen LogP contribution in [0.1, 0.15) is 13.3 Å². The summed E-state index contributed by atoms with van der Waals surface area (Å²) in [6, 6.07) is 0. The van der Waals surface area contributed by atoms with Crippen molar-refractivity contribution in [1.82, 2.24) is 5.32 Å². The molecule has 1 rings (SSSR count). The van der Waals surface area contributed by atoms with Crippen molar-refractivity contribution in [2.45, 2.75) is 25.0 Å². The molecule has 1 aliphatic rings. The topological polar surface area (TPSA) is 80.2 Å². The molecule has 1 saturated heterocycles. The average Bonchev–Trinajstić information content (AvgIpc) is 2.76. The van der Waals surface area contributed by atoms with Crippen LogP contribution in [-0.4, -0.2) is 74.6 Å². The van der Waals surface area contributed by atoms with Gasteiger partial charge in [0.1, 0.15) is 5.60 Å². The number of aliphatic hydroxyl groups excluding tert-OH is 1. The van der Waals surface area contributed by atoms with Crippen molar-refractivity contribution in [3.05, 3.63) is 0 Å². The first-order chi connectivity index (χ1) is 8.66. The lowest BCUT2D eigenvalue weighted by Crippen LogP contribution is -2.44. The molecule has 6 heteroatoms. The molecule has 0 aliphatic carbocycles. The predicted octanol–water partition coefficient (Wildman–Crippen LogP) is -0.859. The summed E-state index contributed by atoms with van der Waals surface area (Å²) in [5.74, 6) is 0. The second-order valence-corrected chi connectivity index (χ2v) is 4.58. The fraction of sp³-hybridized carbons (Fsp3) is 1.00. The number of ether oxygens (including phenoxy) is 3. The Hall–Kier alpha value is -0.240.